The van der Waals surface area contributed by atoms with Gasteiger partial charge >= 0.3 is 0 Å². The summed E-state index contributed by atoms with van der Waals surface area (Å²) < 4.78 is 0. The van der Waals surface area contributed by atoms with Crippen LogP contribution in [0, 0.1) is 0 Å². The average Bonchev–Trinajstić information content (AvgIpc) is 2.62. The number of hydrogen-bond acceptors (Lipinski definition) is 1. The van der Waals surface area contributed by atoms with Gasteiger partial charge in [-0.05, 0) is 18.2 Å². The number of halogens is 1. The predicted molar refractivity (Wildman–Crippen MR) is 61.8 cm³/mol. The van der Waals surface area contributed by atoms with Crippen molar-refractivity contribution >= 4 is 22.6 Å². The van der Waals surface area contributed by atoms with Gasteiger partial charge in [0.15, 0.2) is 0 Å². The SMILES string of the molecule is CC.CCc1nc2ccc(Cl)cc2[nH]1. The van der Waals surface area contributed by atoms with Crippen molar-refractivity contribution in [1.82, 2.24) is 9.97 Å². The molecule has 2 aromatic rings. The van der Waals surface area contributed by atoms with Crippen LogP contribution >= 0.6 is 11.6 Å². The molecule has 0 radical (unpaired) electrons. The minimum absolute atomic E-state index is 0.744. The number of nitrogens with zero attached hydrogens (tertiary/aromatic N) is 1. The van der Waals surface area contributed by atoms with Crippen molar-refractivity contribution in [3.05, 3.63) is 29.0 Å². The normalized spacial score (nSPS) is 9.71. The van der Waals surface area contributed by atoms with E-state index in [1.54, 1.807) is 0 Å². The Balaban J connectivity index is 0.000000461. The Morgan fingerprint density at radius 3 is 2.71 bits per heavy atom. The number of aryl methyl sites for hydroxylation is 1. The lowest BCUT2D eigenvalue weighted by molar-refractivity contribution is 1.00. The van der Waals surface area contributed by atoms with Gasteiger partial charge in [-0.1, -0.05) is 32.4 Å². The van der Waals surface area contributed by atoms with Crippen LogP contribution in [-0.4, -0.2) is 9.97 Å². The van der Waals surface area contributed by atoms with Gasteiger partial charge in [0, 0.05) is 11.4 Å². The molecular formula is C11H15ClN2. The minimum atomic E-state index is 0.744. The molecule has 14 heavy (non-hydrogen) atoms. The van der Waals surface area contributed by atoms with E-state index in [0.717, 1.165) is 28.3 Å². The van der Waals surface area contributed by atoms with Crippen LogP contribution in [0.25, 0.3) is 11.0 Å². The first kappa shape index (κ1) is 11.1. The number of rotatable bonds is 1. The molecule has 1 heterocycles. The van der Waals surface area contributed by atoms with E-state index < -0.39 is 0 Å². The molecule has 1 aromatic heterocycles. The molecule has 2 nitrogen and oxygen atoms in total. The van der Waals surface area contributed by atoms with Crippen LogP contribution in [0.2, 0.25) is 5.02 Å². The zero-order chi connectivity index (χ0) is 10.6. The predicted octanol–water partition coefficient (Wildman–Crippen LogP) is 3.80. The zero-order valence-electron chi connectivity index (χ0n) is 8.76. The summed E-state index contributed by atoms with van der Waals surface area (Å²) in [6, 6.07) is 5.67. The summed E-state index contributed by atoms with van der Waals surface area (Å²) in [5.41, 5.74) is 2.00. The molecule has 3 heteroatoms. The average molecular weight is 211 g/mol. The van der Waals surface area contributed by atoms with Gasteiger partial charge in [0.2, 0.25) is 0 Å². The molecule has 0 saturated heterocycles. The molecule has 0 bridgehead atoms. The molecule has 0 aliphatic rings. The van der Waals surface area contributed by atoms with E-state index in [1.807, 2.05) is 32.0 Å². The summed E-state index contributed by atoms with van der Waals surface area (Å²) in [5.74, 6) is 1.01. The van der Waals surface area contributed by atoms with E-state index in [9.17, 15) is 0 Å². The highest BCUT2D eigenvalue weighted by Crippen LogP contribution is 2.16. The zero-order valence-corrected chi connectivity index (χ0v) is 9.52. The number of hydrogen-bond donors (Lipinski definition) is 1. The minimum Gasteiger partial charge on any atom is -0.342 e. The van der Waals surface area contributed by atoms with Crippen LogP contribution in [0.4, 0.5) is 0 Å². The Morgan fingerprint density at radius 1 is 1.36 bits per heavy atom. The van der Waals surface area contributed by atoms with Crippen molar-refractivity contribution in [3.63, 3.8) is 0 Å². The van der Waals surface area contributed by atoms with Crippen molar-refractivity contribution in [3.8, 4) is 0 Å². The van der Waals surface area contributed by atoms with Gasteiger partial charge in [0.05, 0.1) is 11.0 Å². The Morgan fingerprint density at radius 2 is 2.07 bits per heavy atom. The Kier molecular flexibility index (Phi) is 3.96. The second-order valence-electron chi connectivity index (χ2n) is 2.70. The molecular weight excluding hydrogens is 196 g/mol. The van der Waals surface area contributed by atoms with Crippen LogP contribution in [0.3, 0.4) is 0 Å². The Bertz CT molecular complexity index is 407. The van der Waals surface area contributed by atoms with Crippen LogP contribution in [-0.2, 0) is 6.42 Å². The third-order valence-electron chi connectivity index (χ3n) is 1.83. The van der Waals surface area contributed by atoms with E-state index in [0.29, 0.717) is 0 Å². The second-order valence-corrected chi connectivity index (χ2v) is 3.13. The van der Waals surface area contributed by atoms with Crippen molar-refractivity contribution in [1.29, 1.82) is 0 Å². The molecule has 1 aromatic carbocycles. The number of benzene rings is 1. The third-order valence-corrected chi connectivity index (χ3v) is 2.06. The molecule has 1 N–H and O–H groups in total. The smallest absolute Gasteiger partial charge is 0.106 e. The molecule has 0 amide bonds. The molecule has 0 spiro atoms. The lowest BCUT2D eigenvalue weighted by Gasteiger charge is -1.87. The lowest BCUT2D eigenvalue weighted by atomic mass is 10.3. The van der Waals surface area contributed by atoms with Crippen molar-refractivity contribution in [2.75, 3.05) is 0 Å². The first-order chi connectivity index (χ1) is 6.79. The molecule has 76 valence electrons. The van der Waals surface area contributed by atoms with Gasteiger partial charge in [-0.15, -0.1) is 0 Å². The van der Waals surface area contributed by atoms with Crippen molar-refractivity contribution in [2.24, 2.45) is 0 Å². The fourth-order valence-corrected chi connectivity index (χ4v) is 1.37. The van der Waals surface area contributed by atoms with Crippen LogP contribution < -0.4 is 0 Å². The summed E-state index contributed by atoms with van der Waals surface area (Å²) >= 11 is 5.82. The highest BCUT2D eigenvalue weighted by molar-refractivity contribution is 6.31. The van der Waals surface area contributed by atoms with Gasteiger partial charge in [-0.2, -0.15) is 0 Å². The number of H-pyrrole nitrogens is 1. The fourth-order valence-electron chi connectivity index (χ4n) is 1.20. The molecule has 0 fully saturated rings. The van der Waals surface area contributed by atoms with Gasteiger partial charge < -0.3 is 4.98 Å². The number of imidazole rings is 1. The van der Waals surface area contributed by atoms with Crippen LogP contribution in [0.15, 0.2) is 18.2 Å². The second kappa shape index (κ2) is 5.01. The van der Waals surface area contributed by atoms with E-state index in [1.165, 1.54) is 0 Å². The summed E-state index contributed by atoms with van der Waals surface area (Å²) in [7, 11) is 0. The first-order valence-electron chi connectivity index (χ1n) is 4.93. The van der Waals surface area contributed by atoms with Gasteiger partial charge in [0.1, 0.15) is 5.82 Å². The molecule has 2 rings (SSSR count). The largest absolute Gasteiger partial charge is 0.342 e. The number of aromatic amines is 1. The Hall–Kier alpha value is -1.02. The van der Waals surface area contributed by atoms with E-state index in [-0.39, 0.29) is 0 Å². The fraction of sp³-hybridized carbons (Fsp3) is 0.364. The van der Waals surface area contributed by atoms with Crippen LogP contribution in [0.5, 0.6) is 0 Å². The standard InChI is InChI=1S/C9H9ClN2.C2H6/c1-2-9-11-7-4-3-6(10)5-8(7)12-9;1-2/h3-5H,2H2,1H3,(H,11,12);1-2H3. The number of nitrogens with one attached hydrogen (secondary N) is 1. The van der Waals surface area contributed by atoms with Crippen molar-refractivity contribution in [2.45, 2.75) is 27.2 Å². The summed E-state index contributed by atoms with van der Waals surface area (Å²) in [4.78, 5) is 7.55. The van der Waals surface area contributed by atoms with Gasteiger partial charge in [0.25, 0.3) is 0 Å². The summed E-state index contributed by atoms with van der Waals surface area (Å²) in [6.45, 7) is 6.07. The molecule has 0 atom stereocenters. The maximum atomic E-state index is 5.82. The molecule has 0 aliphatic carbocycles. The highest BCUT2D eigenvalue weighted by atomic mass is 35.5. The topological polar surface area (TPSA) is 28.7 Å². The lowest BCUT2D eigenvalue weighted by Crippen LogP contribution is -1.79. The Labute approximate surface area is 89.3 Å². The van der Waals surface area contributed by atoms with Gasteiger partial charge in [-0.25, -0.2) is 4.98 Å². The summed E-state index contributed by atoms with van der Waals surface area (Å²) in [6.07, 6.45) is 0.923. The van der Waals surface area contributed by atoms with E-state index in [2.05, 4.69) is 16.9 Å². The monoisotopic (exact) mass is 210 g/mol. The van der Waals surface area contributed by atoms with E-state index >= 15 is 0 Å². The number of aromatic nitrogens is 2. The number of fused-ring (bicyclic) bond motifs is 1. The summed E-state index contributed by atoms with van der Waals surface area (Å²) in [5, 5.41) is 0.744. The third kappa shape index (κ3) is 2.26. The quantitative estimate of drug-likeness (QED) is 0.762. The van der Waals surface area contributed by atoms with Crippen molar-refractivity contribution < 1.29 is 0 Å². The molecule has 0 saturated carbocycles. The molecule has 0 aliphatic heterocycles. The maximum absolute atomic E-state index is 5.82. The van der Waals surface area contributed by atoms with E-state index in [4.69, 9.17) is 11.6 Å². The highest BCUT2D eigenvalue weighted by Gasteiger charge is 2.00. The van der Waals surface area contributed by atoms with Gasteiger partial charge in [-0.3, -0.25) is 0 Å². The van der Waals surface area contributed by atoms with Crippen LogP contribution in [0.1, 0.15) is 26.6 Å². The molecule has 0 unspecified atom stereocenters. The first-order valence-corrected chi connectivity index (χ1v) is 5.31. The maximum Gasteiger partial charge on any atom is 0.106 e.